The number of nitrogens with zero attached hydrogens (tertiary/aromatic N) is 3. The van der Waals surface area contributed by atoms with Crippen molar-refractivity contribution in [2.24, 2.45) is 0 Å². The van der Waals surface area contributed by atoms with Gasteiger partial charge in [-0.3, -0.25) is 0 Å². The van der Waals surface area contributed by atoms with Crippen LogP contribution in [0.4, 0.5) is 17.6 Å². The zero-order valence-electron chi connectivity index (χ0n) is 11.0. The van der Waals surface area contributed by atoms with Gasteiger partial charge in [0.05, 0.1) is 0 Å². The number of aromatic nitrogens is 3. The molecule has 0 bridgehead atoms. The lowest BCUT2D eigenvalue weighted by Gasteiger charge is -2.06. The van der Waals surface area contributed by atoms with E-state index in [1.807, 2.05) is 13.0 Å². The fourth-order valence-corrected chi connectivity index (χ4v) is 1.49. The molecule has 0 amide bonds. The molecule has 19 heavy (non-hydrogen) atoms. The first-order chi connectivity index (χ1) is 9.28. The van der Waals surface area contributed by atoms with Crippen LogP contribution < -0.4 is 10.6 Å². The van der Waals surface area contributed by atoms with Gasteiger partial charge in [0.1, 0.15) is 11.6 Å². The summed E-state index contributed by atoms with van der Waals surface area (Å²) < 4.78 is 9.94. The highest BCUT2D eigenvalue weighted by Crippen LogP contribution is 2.13. The van der Waals surface area contributed by atoms with Crippen LogP contribution >= 0.6 is 0 Å². The van der Waals surface area contributed by atoms with Crippen LogP contribution in [0.25, 0.3) is 0 Å². The minimum atomic E-state index is 0.477. The Morgan fingerprint density at radius 1 is 1.37 bits per heavy atom. The number of hydrogen-bond donors (Lipinski definition) is 2. The molecule has 0 fully saturated rings. The van der Waals surface area contributed by atoms with Gasteiger partial charge in [0.25, 0.3) is 0 Å². The van der Waals surface area contributed by atoms with Crippen molar-refractivity contribution in [2.45, 2.75) is 13.3 Å². The van der Waals surface area contributed by atoms with E-state index in [0.717, 1.165) is 31.2 Å². The van der Waals surface area contributed by atoms with Crippen molar-refractivity contribution in [1.29, 1.82) is 0 Å². The van der Waals surface area contributed by atoms with Gasteiger partial charge in [-0.05, 0) is 19.4 Å². The largest absolute Gasteiger partial charge is 0.385 e. The molecule has 0 aliphatic heterocycles. The molecule has 0 spiro atoms. The van der Waals surface area contributed by atoms with E-state index in [2.05, 4.69) is 25.8 Å². The van der Waals surface area contributed by atoms with E-state index in [0.29, 0.717) is 11.8 Å². The third-order valence-electron chi connectivity index (χ3n) is 2.35. The summed E-state index contributed by atoms with van der Waals surface area (Å²) in [5.74, 6) is 2.56. The predicted octanol–water partition coefficient (Wildman–Crippen LogP) is 1.97. The monoisotopic (exact) mass is 263 g/mol. The van der Waals surface area contributed by atoms with Crippen LogP contribution in [-0.2, 0) is 4.74 Å². The molecule has 2 N–H and O–H groups in total. The van der Waals surface area contributed by atoms with E-state index in [4.69, 9.17) is 9.26 Å². The molecule has 2 aromatic heterocycles. The van der Waals surface area contributed by atoms with Crippen molar-refractivity contribution in [2.75, 3.05) is 30.9 Å². The fourth-order valence-electron chi connectivity index (χ4n) is 1.49. The van der Waals surface area contributed by atoms with E-state index in [-0.39, 0.29) is 0 Å². The summed E-state index contributed by atoms with van der Waals surface area (Å²) in [7, 11) is 1.69. The minimum Gasteiger partial charge on any atom is -0.385 e. The smallest absolute Gasteiger partial charge is 0.230 e. The van der Waals surface area contributed by atoms with E-state index in [1.54, 1.807) is 19.4 Å². The molecule has 0 aromatic carbocycles. The maximum atomic E-state index is 4.98. The third kappa shape index (κ3) is 4.22. The van der Waals surface area contributed by atoms with Crippen LogP contribution in [0.15, 0.2) is 22.9 Å². The molecule has 102 valence electrons. The van der Waals surface area contributed by atoms with Gasteiger partial charge in [-0.15, -0.1) is 0 Å². The number of rotatable bonds is 7. The van der Waals surface area contributed by atoms with Crippen LogP contribution in [0, 0.1) is 6.92 Å². The number of aryl methyl sites for hydroxylation is 1. The van der Waals surface area contributed by atoms with Gasteiger partial charge in [-0.25, -0.2) is 4.98 Å². The first-order valence-electron chi connectivity index (χ1n) is 6.04. The van der Waals surface area contributed by atoms with Gasteiger partial charge in [0.2, 0.25) is 5.95 Å². The zero-order chi connectivity index (χ0) is 13.5. The van der Waals surface area contributed by atoms with Crippen molar-refractivity contribution >= 4 is 17.6 Å². The number of methoxy groups -OCH3 is 1. The van der Waals surface area contributed by atoms with Crippen LogP contribution in [0.3, 0.4) is 0 Å². The quantitative estimate of drug-likeness (QED) is 0.738. The Bertz CT molecular complexity index is 514. The zero-order valence-corrected chi connectivity index (χ0v) is 11.0. The standard InChI is InChI=1S/C12H17N5O2/c1-9-8-11(17-19-9)16-12-14-6-4-10(15-12)13-5-3-7-18-2/h4,6,8H,3,5,7H2,1-2H3,(H2,13,14,15,16,17). The number of nitrogens with one attached hydrogen (secondary N) is 2. The average molecular weight is 263 g/mol. The summed E-state index contributed by atoms with van der Waals surface area (Å²) in [6.45, 7) is 3.35. The highest BCUT2D eigenvalue weighted by Gasteiger charge is 2.03. The molecular formula is C12H17N5O2. The van der Waals surface area contributed by atoms with Crippen LogP contribution in [0.2, 0.25) is 0 Å². The van der Waals surface area contributed by atoms with Crippen molar-refractivity contribution in [3.8, 4) is 0 Å². The third-order valence-corrected chi connectivity index (χ3v) is 2.35. The highest BCUT2D eigenvalue weighted by molar-refractivity contribution is 5.49. The second-order valence-corrected chi connectivity index (χ2v) is 3.99. The number of hydrogen-bond acceptors (Lipinski definition) is 7. The summed E-state index contributed by atoms with van der Waals surface area (Å²) in [4.78, 5) is 8.44. The van der Waals surface area contributed by atoms with Gasteiger partial charge in [0.15, 0.2) is 5.82 Å². The normalized spacial score (nSPS) is 10.4. The SMILES string of the molecule is COCCCNc1ccnc(Nc2cc(C)on2)n1. The van der Waals surface area contributed by atoms with Crippen molar-refractivity contribution in [1.82, 2.24) is 15.1 Å². The van der Waals surface area contributed by atoms with E-state index < -0.39 is 0 Å². The molecule has 0 saturated carbocycles. The second-order valence-electron chi connectivity index (χ2n) is 3.99. The van der Waals surface area contributed by atoms with Gasteiger partial charge >= 0.3 is 0 Å². The van der Waals surface area contributed by atoms with Crippen molar-refractivity contribution in [3.63, 3.8) is 0 Å². The van der Waals surface area contributed by atoms with Gasteiger partial charge in [0, 0.05) is 32.5 Å². The summed E-state index contributed by atoms with van der Waals surface area (Å²) in [5, 5.41) is 9.99. The Morgan fingerprint density at radius 3 is 3.00 bits per heavy atom. The van der Waals surface area contributed by atoms with E-state index in [9.17, 15) is 0 Å². The Kier molecular flexibility index (Phi) is 4.68. The fraction of sp³-hybridized carbons (Fsp3) is 0.417. The molecule has 2 aromatic rings. The van der Waals surface area contributed by atoms with Gasteiger partial charge in [-0.2, -0.15) is 4.98 Å². The molecular weight excluding hydrogens is 246 g/mol. The lowest BCUT2D eigenvalue weighted by Crippen LogP contribution is -2.07. The molecule has 2 rings (SSSR count). The Morgan fingerprint density at radius 2 is 2.26 bits per heavy atom. The number of ether oxygens (including phenoxy) is 1. The van der Waals surface area contributed by atoms with E-state index >= 15 is 0 Å². The molecule has 0 aliphatic rings. The molecule has 0 atom stereocenters. The molecule has 7 nitrogen and oxygen atoms in total. The maximum Gasteiger partial charge on any atom is 0.230 e. The summed E-state index contributed by atoms with van der Waals surface area (Å²) in [6, 6.07) is 3.59. The maximum absolute atomic E-state index is 4.98. The summed E-state index contributed by atoms with van der Waals surface area (Å²) in [6.07, 6.45) is 2.60. The molecule has 0 unspecified atom stereocenters. The predicted molar refractivity (Wildman–Crippen MR) is 71.5 cm³/mol. The first-order valence-corrected chi connectivity index (χ1v) is 6.04. The lowest BCUT2D eigenvalue weighted by atomic mass is 10.4. The Labute approximate surface area is 111 Å². The average Bonchev–Trinajstić information content (AvgIpc) is 2.81. The summed E-state index contributed by atoms with van der Waals surface area (Å²) in [5.41, 5.74) is 0. The molecule has 2 heterocycles. The molecule has 7 heteroatoms. The second kappa shape index (κ2) is 6.69. The molecule has 0 aliphatic carbocycles. The highest BCUT2D eigenvalue weighted by atomic mass is 16.5. The minimum absolute atomic E-state index is 0.477. The number of anilines is 3. The van der Waals surface area contributed by atoms with Crippen LogP contribution in [0.1, 0.15) is 12.2 Å². The topological polar surface area (TPSA) is 85.1 Å². The summed E-state index contributed by atoms with van der Waals surface area (Å²) >= 11 is 0. The Balaban J connectivity index is 1.91. The molecule has 0 saturated heterocycles. The van der Waals surface area contributed by atoms with Crippen LogP contribution in [0.5, 0.6) is 0 Å². The van der Waals surface area contributed by atoms with Gasteiger partial charge < -0.3 is 19.9 Å². The Hall–Kier alpha value is -2.15. The van der Waals surface area contributed by atoms with Crippen molar-refractivity contribution < 1.29 is 9.26 Å². The van der Waals surface area contributed by atoms with E-state index in [1.165, 1.54) is 0 Å². The van der Waals surface area contributed by atoms with Crippen molar-refractivity contribution in [3.05, 3.63) is 24.1 Å². The first kappa shape index (κ1) is 13.3. The van der Waals surface area contributed by atoms with Crippen LogP contribution in [-0.4, -0.2) is 35.4 Å². The lowest BCUT2D eigenvalue weighted by molar-refractivity contribution is 0.198. The van der Waals surface area contributed by atoms with Gasteiger partial charge in [-0.1, -0.05) is 5.16 Å². The molecule has 0 radical (unpaired) electrons.